The highest BCUT2D eigenvalue weighted by atomic mass is 15.2. The Hall–Kier alpha value is -1.32. The molecule has 1 aromatic heterocycles. The Kier molecular flexibility index (Phi) is 5.62. The third kappa shape index (κ3) is 4.09. The predicted octanol–water partition coefficient (Wildman–Crippen LogP) is 3.62. The fraction of sp³-hybridized carbons (Fsp3) is 0.750. The first-order valence-corrected chi connectivity index (χ1v) is 8.07. The second-order valence-corrected chi connectivity index (χ2v) is 5.81. The maximum absolute atomic E-state index is 4.69. The molecule has 1 aromatic rings. The molecule has 20 heavy (non-hydrogen) atoms. The van der Waals surface area contributed by atoms with Gasteiger partial charge >= 0.3 is 0 Å². The van der Waals surface area contributed by atoms with Crippen LogP contribution in [0, 0.1) is 12.8 Å². The van der Waals surface area contributed by atoms with E-state index in [0.717, 1.165) is 49.4 Å². The van der Waals surface area contributed by atoms with Gasteiger partial charge in [-0.2, -0.15) is 4.98 Å². The molecule has 0 bridgehead atoms. The van der Waals surface area contributed by atoms with E-state index in [1.165, 1.54) is 25.7 Å². The van der Waals surface area contributed by atoms with E-state index in [2.05, 4.69) is 42.0 Å². The van der Waals surface area contributed by atoms with Crippen molar-refractivity contribution in [3.63, 3.8) is 0 Å². The highest BCUT2D eigenvalue weighted by molar-refractivity contribution is 5.44. The van der Waals surface area contributed by atoms with E-state index in [-0.39, 0.29) is 0 Å². The molecule has 1 saturated heterocycles. The Morgan fingerprint density at radius 3 is 2.85 bits per heavy atom. The fourth-order valence-electron chi connectivity index (χ4n) is 2.83. The van der Waals surface area contributed by atoms with Gasteiger partial charge in [0.05, 0.1) is 0 Å². The van der Waals surface area contributed by atoms with Gasteiger partial charge in [0.25, 0.3) is 0 Å². The number of aryl methyl sites for hydroxylation is 1. The zero-order valence-corrected chi connectivity index (χ0v) is 13.2. The molecule has 0 aliphatic carbocycles. The normalized spacial score (nSPS) is 19.8. The minimum Gasteiger partial charge on any atom is -0.356 e. The van der Waals surface area contributed by atoms with Crippen molar-refractivity contribution in [3.8, 4) is 0 Å². The smallest absolute Gasteiger partial charge is 0.224 e. The summed E-state index contributed by atoms with van der Waals surface area (Å²) in [5.41, 5.74) is 1.05. The first-order chi connectivity index (χ1) is 9.72. The van der Waals surface area contributed by atoms with Gasteiger partial charge in [-0.25, -0.2) is 4.98 Å². The average molecular weight is 276 g/mol. The first-order valence-electron chi connectivity index (χ1n) is 8.07. The number of hydrogen-bond acceptors (Lipinski definition) is 4. The second-order valence-electron chi connectivity index (χ2n) is 5.81. The van der Waals surface area contributed by atoms with Crippen molar-refractivity contribution in [2.24, 2.45) is 5.92 Å². The van der Waals surface area contributed by atoms with Gasteiger partial charge in [0, 0.05) is 31.4 Å². The lowest BCUT2D eigenvalue weighted by Gasteiger charge is -2.22. The highest BCUT2D eigenvalue weighted by Crippen LogP contribution is 2.24. The lowest BCUT2D eigenvalue weighted by Crippen LogP contribution is -2.26. The Morgan fingerprint density at radius 1 is 1.25 bits per heavy atom. The monoisotopic (exact) mass is 276 g/mol. The number of hydrogen-bond donors (Lipinski definition) is 1. The van der Waals surface area contributed by atoms with Crippen LogP contribution in [0.5, 0.6) is 0 Å². The molecule has 4 heteroatoms. The molecular weight excluding hydrogens is 248 g/mol. The van der Waals surface area contributed by atoms with Crippen LogP contribution in [0.2, 0.25) is 0 Å². The molecule has 1 aliphatic heterocycles. The van der Waals surface area contributed by atoms with Crippen LogP contribution in [0.25, 0.3) is 0 Å². The average Bonchev–Trinajstić information content (AvgIpc) is 2.70. The van der Waals surface area contributed by atoms with Gasteiger partial charge in [-0.3, -0.25) is 0 Å². The third-order valence-corrected chi connectivity index (χ3v) is 4.12. The van der Waals surface area contributed by atoms with Crippen LogP contribution in [-0.4, -0.2) is 29.6 Å². The van der Waals surface area contributed by atoms with E-state index < -0.39 is 0 Å². The molecule has 112 valence electrons. The van der Waals surface area contributed by atoms with E-state index in [1.54, 1.807) is 0 Å². The standard InChI is InChI=1S/C16H28N4/c1-4-9-17-16-18-13(3)12-15(19-16)20-10-6-7-14(5-2)8-11-20/h12,14H,4-11H2,1-3H3,(H,17,18,19). The molecule has 0 saturated carbocycles. The van der Waals surface area contributed by atoms with E-state index in [0.29, 0.717) is 0 Å². The van der Waals surface area contributed by atoms with Crippen molar-refractivity contribution >= 4 is 11.8 Å². The molecule has 0 amide bonds. The molecule has 0 spiro atoms. The third-order valence-electron chi connectivity index (χ3n) is 4.12. The maximum atomic E-state index is 4.69. The van der Waals surface area contributed by atoms with Crippen molar-refractivity contribution in [1.29, 1.82) is 0 Å². The Bertz CT molecular complexity index is 419. The summed E-state index contributed by atoms with van der Waals surface area (Å²) >= 11 is 0. The van der Waals surface area contributed by atoms with Gasteiger partial charge in [-0.1, -0.05) is 20.3 Å². The molecule has 0 radical (unpaired) electrons. The second kappa shape index (κ2) is 7.46. The van der Waals surface area contributed by atoms with Crippen molar-refractivity contribution < 1.29 is 0 Å². The quantitative estimate of drug-likeness (QED) is 0.891. The first kappa shape index (κ1) is 15.1. The Labute approximate surface area is 123 Å². The van der Waals surface area contributed by atoms with Crippen LogP contribution in [0.1, 0.15) is 51.6 Å². The van der Waals surface area contributed by atoms with Crippen LogP contribution in [0.3, 0.4) is 0 Å². The van der Waals surface area contributed by atoms with Crippen molar-refractivity contribution in [1.82, 2.24) is 9.97 Å². The van der Waals surface area contributed by atoms with Crippen molar-refractivity contribution in [3.05, 3.63) is 11.8 Å². The number of aromatic nitrogens is 2. The fourth-order valence-corrected chi connectivity index (χ4v) is 2.83. The molecule has 1 aliphatic rings. The molecule has 1 unspecified atom stereocenters. The lowest BCUT2D eigenvalue weighted by molar-refractivity contribution is 0.459. The Morgan fingerprint density at radius 2 is 2.10 bits per heavy atom. The Balaban J connectivity index is 2.08. The van der Waals surface area contributed by atoms with Gasteiger partial charge < -0.3 is 10.2 Å². The van der Waals surface area contributed by atoms with Gasteiger partial charge in [0.1, 0.15) is 5.82 Å². The van der Waals surface area contributed by atoms with Crippen LogP contribution in [-0.2, 0) is 0 Å². The van der Waals surface area contributed by atoms with Crippen molar-refractivity contribution in [2.45, 2.75) is 52.9 Å². The van der Waals surface area contributed by atoms with Gasteiger partial charge in [-0.15, -0.1) is 0 Å². The maximum Gasteiger partial charge on any atom is 0.224 e. The number of anilines is 2. The highest BCUT2D eigenvalue weighted by Gasteiger charge is 2.17. The van der Waals surface area contributed by atoms with Gasteiger partial charge in [-0.05, 0) is 38.5 Å². The van der Waals surface area contributed by atoms with Crippen LogP contribution < -0.4 is 10.2 Å². The molecular formula is C16H28N4. The van der Waals surface area contributed by atoms with Crippen molar-refractivity contribution in [2.75, 3.05) is 29.9 Å². The van der Waals surface area contributed by atoms with Crippen LogP contribution in [0.4, 0.5) is 11.8 Å². The summed E-state index contributed by atoms with van der Waals surface area (Å²) in [6.07, 6.45) is 6.32. The van der Waals surface area contributed by atoms with E-state index in [1.807, 2.05) is 0 Å². The summed E-state index contributed by atoms with van der Waals surface area (Å²) in [7, 11) is 0. The molecule has 1 fully saturated rings. The minimum absolute atomic E-state index is 0.776. The van der Waals surface area contributed by atoms with E-state index in [9.17, 15) is 0 Å². The molecule has 4 nitrogen and oxygen atoms in total. The zero-order valence-electron chi connectivity index (χ0n) is 13.2. The van der Waals surface area contributed by atoms with Crippen LogP contribution >= 0.6 is 0 Å². The topological polar surface area (TPSA) is 41.1 Å². The minimum atomic E-state index is 0.776. The summed E-state index contributed by atoms with van der Waals surface area (Å²) in [5, 5.41) is 3.30. The number of rotatable bonds is 5. The summed E-state index contributed by atoms with van der Waals surface area (Å²) in [4.78, 5) is 11.6. The van der Waals surface area contributed by atoms with Gasteiger partial charge in [0.15, 0.2) is 0 Å². The zero-order chi connectivity index (χ0) is 14.4. The molecule has 1 atom stereocenters. The van der Waals surface area contributed by atoms with E-state index in [4.69, 9.17) is 4.98 Å². The number of nitrogens with zero attached hydrogens (tertiary/aromatic N) is 3. The van der Waals surface area contributed by atoms with E-state index >= 15 is 0 Å². The summed E-state index contributed by atoms with van der Waals surface area (Å²) in [5.74, 6) is 2.76. The molecule has 2 heterocycles. The van der Waals surface area contributed by atoms with Gasteiger partial charge in [0.2, 0.25) is 5.95 Å². The molecule has 0 aromatic carbocycles. The summed E-state index contributed by atoms with van der Waals surface area (Å²) in [6, 6.07) is 2.11. The predicted molar refractivity (Wildman–Crippen MR) is 85.4 cm³/mol. The SMILES string of the molecule is CCCNc1nc(C)cc(N2CCCC(CC)CC2)n1. The number of nitrogens with one attached hydrogen (secondary N) is 1. The lowest BCUT2D eigenvalue weighted by atomic mass is 9.98. The summed E-state index contributed by atoms with van der Waals surface area (Å²) in [6.45, 7) is 9.70. The summed E-state index contributed by atoms with van der Waals surface area (Å²) < 4.78 is 0. The van der Waals surface area contributed by atoms with Crippen LogP contribution in [0.15, 0.2) is 6.07 Å². The largest absolute Gasteiger partial charge is 0.356 e. The molecule has 1 N–H and O–H groups in total. The molecule has 2 rings (SSSR count).